The zero-order chi connectivity index (χ0) is 26.1. The molecule has 1 aliphatic rings. The molecule has 0 bridgehead atoms. The summed E-state index contributed by atoms with van der Waals surface area (Å²) in [7, 11) is 1.57. The molecule has 0 atom stereocenters. The quantitative estimate of drug-likeness (QED) is 0.290. The molecule has 1 N–H and O–H groups in total. The molecular weight excluding hydrogens is 544 g/mol. The molecule has 0 unspecified atom stereocenters. The summed E-state index contributed by atoms with van der Waals surface area (Å²) in [6, 6.07) is 14.0. The summed E-state index contributed by atoms with van der Waals surface area (Å²) in [6.45, 7) is 5.82. The molecule has 1 aliphatic heterocycles. The Balaban J connectivity index is 1.73. The largest absolute Gasteiger partial charge is 0.496 e. The van der Waals surface area contributed by atoms with E-state index < -0.39 is 17.8 Å². The fourth-order valence-electron chi connectivity index (χ4n) is 4.32. The lowest BCUT2D eigenvalue weighted by Crippen LogP contribution is -2.54. The van der Waals surface area contributed by atoms with Gasteiger partial charge in [0.05, 0.1) is 12.8 Å². The second kappa shape index (κ2) is 10.3. The third-order valence-electron chi connectivity index (χ3n) is 5.95. The van der Waals surface area contributed by atoms with E-state index in [0.29, 0.717) is 34.0 Å². The van der Waals surface area contributed by atoms with Crippen LogP contribution in [0.15, 0.2) is 58.6 Å². The van der Waals surface area contributed by atoms with Gasteiger partial charge in [0.2, 0.25) is 0 Å². The number of rotatable bonds is 5. The van der Waals surface area contributed by atoms with Gasteiger partial charge >= 0.3 is 6.03 Å². The van der Waals surface area contributed by atoms with Crippen LogP contribution in [0.25, 0.3) is 6.08 Å². The van der Waals surface area contributed by atoms with E-state index in [2.05, 4.69) is 53.3 Å². The number of carbonyl (C=O) groups excluding carboxylic acids is 3. The number of nitrogens with one attached hydrogen (secondary N) is 1. The number of hydrogen-bond acceptors (Lipinski definition) is 4. The topological polar surface area (TPSA) is 75.7 Å². The van der Waals surface area contributed by atoms with Gasteiger partial charge in [-0.05, 0) is 67.8 Å². The van der Waals surface area contributed by atoms with E-state index in [1.807, 2.05) is 6.07 Å². The van der Waals surface area contributed by atoms with E-state index >= 15 is 0 Å². The van der Waals surface area contributed by atoms with Gasteiger partial charge in [-0.15, -0.1) is 0 Å². The number of imide groups is 2. The highest BCUT2D eigenvalue weighted by Gasteiger charge is 2.37. The molecule has 1 heterocycles. The van der Waals surface area contributed by atoms with Crippen LogP contribution in [-0.4, -0.2) is 25.0 Å². The summed E-state index contributed by atoms with van der Waals surface area (Å²) in [6.07, 6.45) is 2.09. The van der Waals surface area contributed by atoms with Gasteiger partial charge in [-0.3, -0.25) is 14.9 Å². The molecule has 6 nitrogen and oxygen atoms in total. The van der Waals surface area contributed by atoms with Crippen LogP contribution in [0.1, 0.15) is 33.4 Å². The van der Waals surface area contributed by atoms with Crippen molar-refractivity contribution in [2.75, 3.05) is 12.0 Å². The third-order valence-corrected chi connectivity index (χ3v) is 7.07. The SMILES string of the molecule is COc1cc(/C=C2\C(=O)NC(=O)N(c3cccc(Cl)c3C)C2=O)cc(Br)c1Cc1cc(C)cc(C)c1. The van der Waals surface area contributed by atoms with E-state index in [9.17, 15) is 14.4 Å². The van der Waals surface area contributed by atoms with Crippen molar-refractivity contribution in [3.8, 4) is 5.75 Å². The van der Waals surface area contributed by atoms with Crippen LogP contribution in [0.2, 0.25) is 5.02 Å². The minimum absolute atomic E-state index is 0.176. The minimum atomic E-state index is -0.824. The zero-order valence-electron chi connectivity index (χ0n) is 20.2. The molecule has 0 aromatic heterocycles. The maximum absolute atomic E-state index is 13.3. The van der Waals surface area contributed by atoms with Crippen molar-refractivity contribution in [1.29, 1.82) is 0 Å². The lowest BCUT2D eigenvalue weighted by atomic mass is 9.98. The number of benzene rings is 3. The first kappa shape index (κ1) is 25.7. The van der Waals surface area contributed by atoms with Gasteiger partial charge in [0.1, 0.15) is 11.3 Å². The number of hydrogen-bond donors (Lipinski definition) is 1. The first-order valence-electron chi connectivity index (χ1n) is 11.2. The Labute approximate surface area is 223 Å². The lowest BCUT2D eigenvalue weighted by Gasteiger charge is -2.27. The second-order valence-electron chi connectivity index (χ2n) is 8.70. The van der Waals surface area contributed by atoms with E-state index in [-0.39, 0.29) is 5.57 Å². The van der Waals surface area contributed by atoms with Crippen molar-refractivity contribution in [2.24, 2.45) is 0 Å². The molecule has 4 rings (SSSR count). The standard InChI is InChI=1S/C28H24BrClN2O4/c1-15-8-16(2)10-18(9-15)11-20-22(29)13-19(14-25(20)36-4)12-21-26(33)31-28(35)32(27(21)34)24-7-5-6-23(30)17(24)3/h5-10,12-14H,11H2,1-4H3,(H,31,33,35)/b21-12+. The fraction of sp³-hybridized carbons (Fsp3) is 0.179. The number of barbiturate groups is 1. The smallest absolute Gasteiger partial charge is 0.335 e. The van der Waals surface area contributed by atoms with Gasteiger partial charge in [-0.25, -0.2) is 9.69 Å². The van der Waals surface area contributed by atoms with Crippen LogP contribution in [0.3, 0.4) is 0 Å². The average molecular weight is 568 g/mol. The third kappa shape index (κ3) is 5.08. The first-order chi connectivity index (χ1) is 17.1. The van der Waals surface area contributed by atoms with Crippen molar-refractivity contribution < 1.29 is 19.1 Å². The summed E-state index contributed by atoms with van der Waals surface area (Å²) in [4.78, 5) is 39.5. The van der Waals surface area contributed by atoms with Gasteiger partial charge < -0.3 is 4.74 Å². The van der Waals surface area contributed by atoms with Crippen LogP contribution in [0, 0.1) is 20.8 Å². The molecule has 184 valence electrons. The Morgan fingerprint density at radius 1 is 1.03 bits per heavy atom. The van der Waals surface area contributed by atoms with E-state index in [1.54, 1.807) is 38.3 Å². The van der Waals surface area contributed by atoms with Crippen molar-refractivity contribution in [1.82, 2.24) is 5.32 Å². The van der Waals surface area contributed by atoms with Gasteiger partial charge in [-0.2, -0.15) is 0 Å². The molecular formula is C28H24BrClN2O4. The second-order valence-corrected chi connectivity index (χ2v) is 9.96. The van der Waals surface area contributed by atoms with E-state index in [0.717, 1.165) is 20.5 Å². The Bertz CT molecular complexity index is 1430. The highest BCUT2D eigenvalue weighted by Crippen LogP contribution is 2.34. The summed E-state index contributed by atoms with van der Waals surface area (Å²) < 4.78 is 6.43. The predicted octanol–water partition coefficient (Wildman–Crippen LogP) is 6.29. The number of nitrogens with zero attached hydrogens (tertiary/aromatic N) is 1. The molecule has 4 amide bonds. The average Bonchev–Trinajstić information content (AvgIpc) is 2.80. The number of urea groups is 1. The summed E-state index contributed by atoms with van der Waals surface area (Å²) >= 11 is 9.82. The van der Waals surface area contributed by atoms with Crippen LogP contribution in [0.5, 0.6) is 5.75 Å². The highest BCUT2D eigenvalue weighted by atomic mass is 79.9. The minimum Gasteiger partial charge on any atom is -0.496 e. The maximum atomic E-state index is 13.3. The number of carbonyl (C=O) groups is 3. The molecule has 0 aliphatic carbocycles. The zero-order valence-corrected chi connectivity index (χ0v) is 22.6. The Hall–Kier alpha value is -3.42. The number of methoxy groups -OCH3 is 1. The van der Waals surface area contributed by atoms with Crippen molar-refractivity contribution in [3.63, 3.8) is 0 Å². The first-order valence-corrected chi connectivity index (χ1v) is 12.4. The van der Waals surface area contributed by atoms with Gasteiger partial charge in [-0.1, -0.05) is 62.9 Å². The monoisotopic (exact) mass is 566 g/mol. The van der Waals surface area contributed by atoms with Crippen molar-refractivity contribution in [3.05, 3.63) is 97.0 Å². The van der Waals surface area contributed by atoms with Crippen LogP contribution in [0.4, 0.5) is 10.5 Å². The molecule has 1 fully saturated rings. The fourth-order valence-corrected chi connectivity index (χ4v) is 5.09. The van der Waals surface area contributed by atoms with Gasteiger partial charge in [0, 0.05) is 21.5 Å². The molecule has 0 saturated carbocycles. The summed E-state index contributed by atoms with van der Waals surface area (Å²) in [5.74, 6) is -0.892. The Morgan fingerprint density at radius 3 is 2.39 bits per heavy atom. The molecule has 0 spiro atoms. The maximum Gasteiger partial charge on any atom is 0.335 e. The number of anilines is 1. The molecule has 1 saturated heterocycles. The molecule has 0 radical (unpaired) electrons. The summed E-state index contributed by atoms with van der Waals surface area (Å²) in [5, 5.41) is 2.65. The molecule has 3 aromatic carbocycles. The van der Waals surface area contributed by atoms with Crippen molar-refractivity contribution in [2.45, 2.75) is 27.2 Å². The van der Waals surface area contributed by atoms with Crippen LogP contribution < -0.4 is 15.0 Å². The van der Waals surface area contributed by atoms with Crippen LogP contribution >= 0.6 is 27.5 Å². The number of halogens is 2. The Morgan fingerprint density at radius 2 is 1.72 bits per heavy atom. The van der Waals surface area contributed by atoms with Gasteiger partial charge in [0.15, 0.2) is 0 Å². The molecule has 8 heteroatoms. The summed E-state index contributed by atoms with van der Waals surface area (Å²) in [5.41, 5.74) is 5.70. The number of amides is 4. The normalized spacial score (nSPS) is 14.9. The molecule has 36 heavy (non-hydrogen) atoms. The lowest BCUT2D eigenvalue weighted by molar-refractivity contribution is -0.122. The number of ether oxygens (including phenoxy) is 1. The van der Waals surface area contributed by atoms with E-state index in [1.165, 1.54) is 17.2 Å². The van der Waals surface area contributed by atoms with E-state index in [4.69, 9.17) is 16.3 Å². The predicted molar refractivity (Wildman–Crippen MR) is 145 cm³/mol. The van der Waals surface area contributed by atoms with Crippen molar-refractivity contribution >= 4 is 57.1 Å². The Kier molecular flexibility index (Phi) is 7.33. The molecule has 3 aromatic rings. The number of aryl methyl sites for hydroxylation is 2. The van der Waals surface area contributed by atoms with Gasteiger partial charge in [0.25, 0.3) is 11.8 Å². The highest BCUT2D eigenvalue weighted by molar-refractivity contribution is 9.10. The van der Waals surface area contributed by atoms with Crippen LogP contribution in [-0.2, 0) is 16.0 Å².